The smallest absolute Gasteiger partial charge is 0.221 e. The number of anilines is 1. The molecule has 1 aliphatic rings. The van der Waals surface area contributed by atoms with E-state index < -0.39 is 0 Å². The van der Waals surface area contributed by atoms with Crippen LogP contribution in [-0.4, -0.2) is 50.3 Å². The molecule has 110 valence electrons. The molecule has 0 bridgehead atoms. The predicted molar refractivity (Wildman–Crippen MR) is 78.1 cm³/mol. The maximum Gasteiger partial charge on any atom is 0.221 e. The van der Waals surface area contributed by atoms with Crippen LogP contribution in [0.4, 0.5) is 5.69 Å². The molecule has 1 saturated heterocycles. The topological polar surface area (TPSA) is 50.8 Å². The summed E-state index contributed by atoms with van der Waals surface area (Å²) in [5.74, 6) is 0.715. The lowest BCUT2D eigenvalue weighted by Gasteiger charge is -2.26. The molecule has 20 heavy (non-hydrogen) atoms. The van der Waals surface area contributed by atoms with E-state index in [-0.39, 0.29) is 5.91 Å². The van der Waals surface area contributed by atoms with Crippen molar-refractivity contribution in [2.75, 3.05) is 44.8 Å². The van der Waals surface area contributed by atoms with Crippen LogP contribution in [0.15, 0.2) is 24.3 Å². The first-order chi connectivity index (χ1) is 9.74. The van der Waals surface area contributed by atoms with Crippen molar-refractivity contribution in [3.8, 4) is 5.75 Å². The minimum absolute atomic E-state index is 0.0746. The van der Waals surface area contributed by atoms with Crippen molar-refractivity contribution in [1.29, 1.82) is 0 Å². The zero-order valence-electron chi connectivity index (χ0n) is 11.9. The van der Waals surface area contributed by atoms with E-state index in [0.29, 0.717) is 6.61 Å². The molecule has 1 aliphatic heterocycles. The first kappa shape index (κ1) is 14.8. The lowest BCUT2D eigenvalue weighted by Crippen LogP contribution is -2.37. The van der Waals surface area contributed by atoms with Gasteiger partial charge in [0.2, 0.25) is 5.91 Å². The Labute approximate surface area is 119 Å². The summed E-state index contributed by atoms with van der Waals surface area (Å²) in [6.45, 7) is 6.90. The van der Waals surface area contributed by atoms with Crippen molar-refractivity contribution in [2.24, 2.45) is 0 Å². The maximum atomic E-state index is 11.0. The fourth-order valence-electron chi connectivity index (χ4n) is 2.17. The molecule has 0 aliphatic carbocycles. The van der Waals surface area contributed by atoms with Crippen molar-refractivity contribution in [2.45, 2.75) is 13.3 Å². The number of hydrogen-bond acceptors (Lipinski definition) is 4. The van der Waals surface area contributed by atoms with Gasteiger partial charge in [-0.05, 0) is 18.6 Å². The van der Waals surface area contributed by atoms with Gasteiger partial charge >= 0.3 is 0 Å². The molecule has 5 nitrogen and oxygen atoms in total. The van der Waals surface area contributed by atoms with Gasteiger partial charge in [-0.2, -0.15) is 0 Å². The predicted octanol–water partition coefficient (Wildman–Crippen LogP) is 1.75. The first-order valence-corrected chi connectivity index (χ1v) is 7.04. The molecule has 1 fully saturated rings. The normalized spacial score (nSPS) is 15.8. The molecular weight excluding hydrogens is 256 g/mol. The molecule has 0 spiro atoms. The molecule has 1 heterocycles. The quantitative estimate of drug-likeness (QED) is 0.805. The van der Waals surface area contributed by atoms with Crippen LogP contribution in [0.2, 0.25) is 0 Å². The van der Waals surface area contributed by atoms with E-state index in [1.165, 1.54) is 6.92 Å². The van der Waals surface area contributed by atoms with Crippen molar-refractivity contribution in [3.05, 3.63) is 24.3 Å². The van der Waals surface area contributed by atoms with Crippen LogP contribution in [0, 0.1) is 0 Å². The number of nitrogens with zero attached hydrogens (tertiary/aromatic N) is 1. The Morgan fingerprint density at radius 3 is 2.95 bits per heavy atom. The summed E-state index contributed by atoms with van der Waals surface area (Å²) in [4.78, 5) is 13.4. The van der Waals surface area contributed by atoms with Gasteiger partial charge < -0.3 is 14.8 Å². The molecule has 1 N–H and O–H groups in total. The summed E-state index contributed by atoms with van der Waals surface area (Å²) in [6.07, 6.45) is 0.990. The number of carbonyl (C=O) groups excluding carboxylic acids is 1. The summed E-state index contributed by atoms with van der Waals surface area (Å²) in [6, 6.07) is 7.47. The Hall–Kier alpha value is -1.59. The summed E-state index contributed by atoms with van der Waals surface area (Å²) < 4.78 is 11.0. The fraction of sp³-hybridized carbons (Fsp3) is 0.533. The van der Waals surface area contributed by atoms with E-state index in [9.17, 15) is 4.79 Å². The minimum atomic E-state index is -0.0746. The Morgan fingerprint density at radius 2 is 2.20 bits per heavy atom. The fourth-order valence-corrected chi connectivity index (χ4v) is 2.17. The zero-order chi connectivity index (χ0) is 14.2. The van der Waals surface area contributed by atoms with Gasteiger partial charge in [-0.1, -0.05) is 6.07 Å². The highest BCUT2D eigenvalue weighted by atomic mass is 16.5. The Kier molecular flexibility index (Phi) is 5.83. The summed E-state index contributed by atoms with van der Waals surface area (Å²) in [5.41, 5.74) is 0.767. The van der Waals surface area contributed by atoms with Gasteiger partial charge in [0.1, 0.15) is 5.75 Å². The molecule has 5 heteroatoms. The summed E-state index contributed by atoms with van der Waals surface area (Å²) >= 11 is 0. The Morgan fingerprint density at radius 1 is 1.40 bits per heavy atom. The second-order valence-electron chi connectivity index (χ2n) is 4.87. The molecule has 0 atom stereocenters. The number of morpholine rings is 1. The van der Waals surface area contributed by atoms with Crippen LogP contribution in [0.25, 0.3) is 0 Å². The Balaban J connectivity index is 1.69. The van der Waals surface area contributed by atoms with Gasteiger partial charge in [-0.3, -0.25) is 9.69 Å². The van der Waals surface area contributed by atoms with E-state index in [1.807, 2.05) is 24.3 Å². The van der Waals surface area contributed by atoms with Gasteiger partial charge in [0, 0.05) is 38.3 Å². The zero-order valence-corrected chi connectivity index (χ0v) is 11.9. The highest BCUT2D eigenvalue weighted by Crippen LogP contribution is 2.17. The van der Waals surface area contributed by atoms with Crippen LogP contribution >= 0.6 is 0 Å². The molecule has 0 radical (unpaired) electrons. The Bertz CT molecular complexity index is 431. The number of rotatable bonds is 6. The second-order valence-corrected chi connectivity index (χ2v) is 4.87. The van der Waals surface area contributed by atoms with Crippen molar-refractivity contribution < 1.29 is 14.3 Å². The number of hydrogen-bond donors (Lipinski definition) is 1. The number of ether oxygens (including phenoxy) is 2. The van der Waals surface area contributed by atoms with Gasteiger partial charge in [0.25, 0.3) is 0 Å². The standard InChI is InChI=1S/C15H22N2O3/c1-13(18)16-14-4-2-5-15(12-14)20-9-3-6-17-7-10-19-11-8-17/h2,4-5,12H,3,6-11H2,1H3,(H,16,18). The third-order valence-electron chi connectivity index (χ3n) is 3.15. The highest BCUT2D eigenvalue weighted by Gasteiger charge is 2.09. The second kappa shape index (κ2) is 7.87. The van der Waals surface area contributed by atoms with Gasteiger partial charge in [0.15, 0.2) is 0 Å². The molecule has 1 aromatic rings. The molecule has 1 amide bonds. The molecule has 0 saturated carbocycles. The third-order valence-corrected chi connectivity index (χ3v) is 3.15. The van der Waals surface area contributed by atoms with Crippen LogP contribution < -0.4 is 10.1 Å². The van der Waals surface area contributed by atoms with Crippen LogP contribution in [0.1, 0.15) is 13.3 Å². The van der Waals surface area contributed by atoms with Crippen molar-refractivity contribution in [3.63, 3.8) is 0 Å². The lowest BCUT2D eigenvalue weighted by atomic mass is 10.3. The van der Waals surface area contributed by atoms with Gasteiger partial charge in [-0.15, -0.1) is 0 Å². The monoisotopic (exact) mass is 278 g/mol. The van der Waals surface area contributed by atoms with Crippen LogP contribution in [0.5, 0.6) is 5.75 Å². The molecular formula is C15H22N2O3. The summed E-state index contributed by atoms with van der Waals surface area (Å²) in [5, 5.41) is 2.75. The average molecular weight is 278 g/mol. The van der Waals surface area contributed by atoms with E-state index in [0.717, 1.165) is 50.7 Å². The first-order valence-electron chi connectivity index (χ1n) is 7.04. The van der Waals surface area contributed by atoms with E-state index >= 15 is 0 Å². The van der Waals surface area contributed by atoms with Crippen LogP contribution in [-0.2, 0) is 9.53 Å². The third kappa shape index (κ3) is 5.19. The van der Waals surface area contributed by atoms with Gasteiger partial charge in [0.05, 0.1) is 19.8 Å². The van der Waals surface area contributed by atoms with E-state index in [4.69, 9.17) is 9.47 Å². The summed E-state index contributed by atoms with van der Waals surface area (Å²) in [7, 11) is 0. The number of nitrogens with one attached hydrogen (secondary N) is 1. The minimum Gasteiger partial charge on any atom is -0.493 e. The van der Waals surface area contributed by atoms with Crippen LogP contribution in [0.3, 0.4) is 0 Å². The largest absolute Gasteiger partial charge is 0.493 e. The SMILES string of the molecule is CC(=O)Nc1cccc(OCCCN2CCOCC2)c1. The molecule has 0 aromatic heterocycles. The van der Waals surface area contributed by atoms with E-state index in [1.54, 1.807) is 0 Å². The van der Waals surface area contributed by atoms with Gasteiger partial charge in [-0.25, -0.2) is 0 Å². The maximum absolute atomic E-state index is 11.0. The number of benzene rings is 1. The van der Waals surface area contributed by atoms with Crippen molar-refractivity contribution in [1.82, 2.24) is 4.90 Å². The van der Waals surface area contributed by atoms with Crippen molar-refractivity contribution >= 4 is 11.6 Å². The molecule has 0 unspecified atom stereocenters. The lowest BCUT2D eigenvalue weighted by molar-refractivity contribution is -0.114. The average Bonchev–Trinajstić information content (AvgIpc) is 2.44. The highest BCUT2D eigenvalue weighted by molar-refractivity contribution is 5.88. The molecule has 1 aromatic carbocycles. The number of amides is 1. The molecule has 2 rings (SSSR count). The van der Waals surface area contributed by atoms with E-state index in [2.05, 4.69) is 10.2 Å². The number of carbonyl (C=O) groups is 1.